The summed E-state index contributed by atoms with van der Waals surface area (Å²) < 4.78 is 58.4. The van der Waals surface area contributed by atoms with Crippen molar-refractivity contribution in [1.82, 2.24) is 0 Å². The Balaban J connectivity index is 2.36. The van der Waals surface area contributed by atoms with Gasteiger partial charge in [-0.15, -0.1) is 0 Å². The third-order valence-electron chi connectivity index (χ3n) is 3.61. The van der Waals surface area contributed by atoms with Gasteiger partial charge in [0.2, 0.25) is 0 Å². The van der Waals surface area contributed by atoms with Crippen LogP contribution in [0.25, 0.3) is 6.08 Å². The van der Waals surface area contributed by atoms with Crippen LogP contribution in [0.2, 0.25) is 5.02 Å². The first-order valence-electron chi connectivity index (χ1n) is 7.93. The van der Waals surface area contributed by atoms with Gasteiger partial charge in [-0.25, -0.2) is 0 Å². The third-order valence-corrected chi connectivity index (χ3v) is 4.02. The number of benzene rings is 2. The van der Waals surface area contributed by atoms with Crippen molar-refractivity contribution in [2.24, 2.45) is 0 Å². The predicted octanol–water partition coefficient (Wildman–Crippen LogP) is 5.40. The molecule has 1 N–H and O–H groups in total. The number of hydrogen-bond acceptors (Lipinski definition) is 4. The number of hydrogen-bond donors (Lipinski definition) is 1. The van der Waals surface area contributed by atoms with E-state index in [4.69, 9.17) is 11.6 Å². The van der Waals surface area contributed by atoms with Crippen LogP contribution in [0.15, 0.2) is 42.0 Å². The average molecular weight is 429 g/mol. The van der Waals surface area contributed by atoms with Crippen LogP contribution in [0, 0.1) is 18.3 Å². The van der Waals surface area contributed by atoms with Gasteiger partial charge < -0.3 is 14.8 Å². The number of nitriles is 1. The molecule has 0 spiro atoms. The highest BCUT2D eigenvalue weighted by molar-refractivity contribution is 6.31. The molecule has 0 aromatic heterocycles. The van der Waals surface area contributed by atoms with Gasteiger partial charge in [-0.2, -0.15) is 22.8 Å². The van der Waals surface area contributed by atoms with Crippen molar-refractivity contribution in [2.45, 2.75) is 20.1 Å². The number of anilines is 1. The van der Waals surface area contributed by atoms with Gasteiger partial charge in [-0.05, 0) is 42.8 Å². The van der Waals surface area contributed by atoms with Crippen LogP contribution in [0.4, 0.5) is 23.2 Å². The second-order valence-corrected chi connectivity index (χ2v) is 5.90. The number of ether oxygens (including phenoxy) is 2. The normalized spacial score (nSPS) is 11.3. The van der Waals surface area contributed by atoms with Crippen LogP contribution in [0.1, 0.15) is 11.1 Å². The van der Waals surface area contributed by atoms with Crippen LogP contribution >= 0.6 is 11.6 Å². The molecule has 10 heteroatoms. The van der Waals surface area contributed by atoms with Gasteiger partial charge in [0.05, 0.1) is 0 Å². The molecule has 0 bridgehead atoms. The summed E-state index contributed by atoms with van der Waals surface area (Å²) in [4.78, 5) is 12.4. The maximum atomic E-state index is 12.7. The molecule has 2 aromatic rings. The van der Waals surface area contributed by atoms with Gasteiger partial charge in [0.15, 0.2) is 0 Å². The number of carbonyl (C=O) groups is 1. The van der Waals surface area contributed by atoms with Gasteiger partial charge in [0, 0.05) is 22.3 Å². The summed E-state index contributed by atoms with van der Waals surface area (Å²) >= 11 is 5.98. The Morgan fingerprint density at radius 3 is 2.48 bits per heavy atom. The molecule has 2 rings (SSSR count). The fraction of sp³-hybridized carbons (Fsp3) is 0.158. The summed E-state index contributed by atoms with van der Waals surface area (Å²) in [5.41, 5.74) is 0.371. The summed E-state index contributed by atoms with van der Waals surface area (Å²) in [6, 6.07) is 9.39. The molecule has 0 atom stereocenters. The molecule has 29 heavy (non-hydrogen) atoms. The molecular formula is C19H13ClF4N2O3. The first-order chi connectivity index (χ1) is 13.7. The fourth-order valence-electron chi connectivity index (χ4n) is 2.24. The molecule has 152 valence electrons. The van der Waals surface area contributed by atoms with E-state index in [1.54, 1.807) is 31.2 Å². The molecule has 0 aliphatic heterocycles. The lowest BCUT2D eigenvalue weighted by Gasteiger charge is -2.12. The van der Waals surface area contributed by atoms with E-state index >= 15 is 0 Å². The van der Waals surface area contributed by atoms with Crippen molar-refractivity contribution in [3.63, 3.8) is 0 Å². The molecule has 5 nitrogen and oxygen atoms in total. The van der Waals surface area contributed by atoms with Gasteiger partial charge in [-0.3, -0.25) is 4.79 Å². The minimum atomic E-state index is -3.27. The number of halogens is 5. The minimum Gasteiger partial charge on any atom is -0.435 e. The smallest absolute Gasteiger partial charge is 0.387 e. The minimum absolute atomic E-state index is 0.110. The molecule has 2 aromatic carbocycles. The highest BCUT2D eigenvalue weighted by atomic mass is 35.5. The number of nitrogens with one attached hydrogen (secondary N) is 1. The van der Waals surface area contributed by atoms with Gasteiger partial charge in [-0.1, -0.05) is 17.7 Å². The number of rotatable bonds is 7. The van der Waals surface area contributed by atoms with Crippen molar-refractivity contribution in [2.75, 3.05) is 5.32 Å². The lowest BCUT2D eigenvalue weighted by Crippen LogP contribution is -2.14. The number of nitrogens with zero attached hydrogens (tertiary/aromatic N) is 1. The highest BCUT2D eigenvalue weighted by Crippen LogP contribution is 2.30. The van der Waals surface area contributed by atoms with E-state index in [2.05, 4.69) is 14.8 Å². The van der Waals surface area contributed by atoms with Crippen LogP contribution in [-0.4, -0.2) is 19.1 Å². The lowest BCUT2D eigenvalue weighted by molar-refractivity contribution is -0.112. The van der Waals surface area contributed by atoms with Gasteiger partial charge >= 0.3 is 13.2 Å². The quantitative estimate of drug-likeness (QED) is 0.364. The monoisotopic (exact) mass is 428 g/mol. The molecule has 1 amide bonds. The number of carbonyl (C=O) groups excluding carboxylic acids is 1. The molecule has 0 saturated heterocycles. The number of alkyl halides is 4. The summed E-state index contributed by atoms with van der Waals surface area (Å²) in [5.74, 6) is -1.79. The van der Waals surface area contributed by atoms with E-state index in [-0.39, 0.29) is 5.56 Å². The van der Waals surface area contributed by atoms with Gasteiger partial charge in [0.25, 0.3) is 5.91 Å². The van der Waals surface area contributed by atoms with Crippen LogP contribution < -0.4 is 14.8 Å². The summed E-state index contributed by atoms with van der Waals surface area (Å²) in [6.45, 7) is -4.78. The maximum Gasteiger partial charge on any atom is 0.387 e. The van der Waals surface area contributed by atoms with E-state index in [1.807, 2.05) is 0 Å². The second kappa shape index (κ2) is 9.80. The Labute approximate surface area is 168 Å². The first-order valence-corrected chi connectivity index (χ1v) is 8.31. The Bertz CT molecular complexity index is 974. The Hall–Kier alpha value is -3.25. The zero-order valence-corrected chi connectivity index (χ0v) is 15.5. The summed E-state index contributed by atoms with van der Waals surface area (Å²) in [5, 5.41) is 12.2. The predicted molar refractivity (Wildman–Crippen MR) is 98.1 cm³/mol. The van der Waals surface area contributed by atoms with Crippen molar-refractivity contribution in [1.29, 1.82) is 5.26 Å². The molecule has 0 aliphatic rings. The fourth-order valence-corrected chi connectivity index (χ4v) is 2.42. The average Bonchev–Trinajstić information content (AvgIpc) is 2.64. The lowest BCUT2D eigenvalue weighted by atomic mass is 10.1. The molecular weight excluding hydrogens is 416 g/mol. The van der Waals surface area contributed by atoms with Crippen molar-refractivity contribution in [3.8, 4) is 17.6 Å². The van der Waals surface area contributed by atoms with Crippen LogP contribution in [0.3, 0.4) is 0 Å². The van der Waals surface area contributed by atoms with Crippen molar-refractivity contribution in [3.05, 3.63) is 58.1 Å². The zero-order valence-electron chi connectivity index (χ0n) is 14.8. The Morgan fingerprint density at radius 2 is 1.86 bits per heavy atom. The van der Waals surface area contributed by atoms with E-state index in [1.165, 1.54) is 0 Å². The molecule has 0 saturated carbocycles. The first kappa shape index (κ1) is 22.0. The van der Waals surface area contributed by atoms with E-state index < -0.39 is 36.2 Å². The van der Waals surface area contributed by atoms with E-state index in [0.29, 0.717) is 16.3 Å². The summed E-state index contributed by atoms with van der Waals surface area (Å²) in [6.07, 6.45) is 0.985. The Morgan fingerprint density at radius 1 is 1.17 bits per heavy atom. The highest BCUT2D eigenvalue weighted by Gasteiger charge is 2.16. The van der Waals surface area contributed by atoms with E-state index in [9.17, 15) is 27.6 Å². The molecule has 0 aliphatic carbocycles. The second-order valence-electron chi connectivity index (χ2n) is 5.49. The zero-order chi connectivity index (χ0) is 21.6. The molecule has 0 radical (unpaired) electrons. The van der Waals surface area contributed by atoms with E-state index in [0.717, 1.165) is 24.3 Å². The Kier molecular flexibility index (Phi) is 7.45. The standard InChI is InChI=1S/C19H13ClF4N2O3/c1-10-14(20)3-2-4-15(10)26-17(27)12(9-25)7-11-5-6-13(28-18(21)22)8-16(11)29-19(23)24/h2-8,18-19H,1H3,(H,26,27)/b12-7+. The largest absolute Gasteiger partial charge is 0.435 e. The number of amides is 1. The molecule has 0 heterocycles. The SMILES string of the molecule is Cc1c(Cl)cccc1NC(=O)/C(C#N)=C/c1ccc(OC(F)F)cc1OC(F)F. The van der Waals surface area contributed by atoms with Crippen LogP contribution in [0.5, 0.6) is 11.5 Å². The molecule has 0 fully saturated rings. The van der Waals surface area contributed by atoms with Crippen LogP contribution in [-0.2, 0) is 4.79 Å². The van der Waals surface area contributed by atoms with Gasteiger partial charge in [0.1, 0.15) is 23.1 Å². The summed E-state index contributed by atoms with van der Waals surface area (Å²) in [7, 11) is 0. The molecule has 0 unspecified atom stereocenters. The maximum absolute atomic E-state index is 12.7. The van der Waals surface area contributed by atoms with Crippen molar-refractivity contribution < 1.29 is 31.8 Å². The third kappa shape index (κ3) is 6.12. The topological polar surface area (TPSA) is 71.4 Å². The van der Waals surface area contributed by atoms with Crippen molar-refractivity contribution >= 4 is 29.3 Å².